The minimum absolute atomic E-state index is 0.0577. The minimum atomic E-state index is -0.944. The van der Waals surface area contributed by atoms with Crippen molar-refractivity contribution in [3.05, 3.63) is 47.7 Å². The zero-order valence-corrected chi connectivity index (χ0v) is 26.0. The lowest BCUT2D eigenvalue weighted by atomic mass is 9.92. The first-order valence-corrected chi connectivity index (χ1v) is 16.2. The zero-order chi connectivity index (χ0) is 32.5. The zero-order valence-electron chi connectivity index (χ0n) is 26.0. The number of fused-ring (bicyclic) bond motifs is 3. The Morgan fingerprint density at radius 2 is 2.02 bits per heavy atom. The Hall–Kier alpha value is -4.39. The van der Waals surface area contributed by atoms with Crippen LogP contribution in [0.3, 0.4) is 0 Å². The maximum atomic E-state index is 16.9. The van der Waals surface area contributed by atoms with Gasteiger partial charge in [-0.3, -0.25) is 9.88 Å². The molecule has 1 spiro atoms. The average molecular weight is 649 g/mol. The number of anilines is 1. The number of hydrogen-bond donors (Lipinski definition) is 2. The van der Waals surface area contributed by atoms with E-state index in [2.05, 4.69) is 20.2 Å². The SMILES string of the molecule is CCc1c(F)ccc2cc(O)cc(-c3ncc4c(N5CCCC6(CNC(=O)O6)C5)nc(OC[C@@]56CCCN5C[C@H](F)C6)nc4c3F)c12. The Morgan fingerprint density at radius 1 is 1.17 bits per heavy atom. The van der Waals surface area contributed by atoms with E-state index >= 15 is 4.39 Å². The number of halogens is 3. The number of nitrogens with one attached hydrogen (secondary N) is 1. The molecule has 8 rings (SSSR count). The summed E-state index contributed by atoms with van der Waals surface area (Å²) in [5.41, 5.74) is -0.774. The van der Waals surface area contributed by atoms with Crippen molar-refractivity contribution >= 4 is 33.6 Å². The summed E-state index contributed by atoms with van der Waals surface area (Å²) in [6.07, 6.45) is 3.82. The van der Waals surface area contributed by atoms with E-state index in [-0.39, 0.29) is 35.1 Å². The number of amides is 1. The Kier molecular flexibility index (Phi) is 7.08. The molecule has 4 fully saturated rings. The normalized spacial score (nSPS) is 25.9. The number of aromatic hydroxyl groups is 1. The van der Waals surface area contributed by atoms with Crippen molar-refractivity contribution in [1.82, 2.24) is 25.2 Å². The number of alkyl carbamates (subject to hydrolysis) is 1. The summed E-state index contributed by atoms with van der Waals surface area (Å²) in [5, 5.41) is 14.7. The summed E-state index contributed by atoms with van der Waals surface area (Å²) in [4.78, 5) is 29.9. The highest BCUT2D eigenvalue weighted by atomic mass is 19.1. The Morgan fingerprint density at radius 3 is 2.83 bits per heavy atom. The number of phenolic OH excluding ortho intramolecular Hbond substituents is 1. The van der Waals surface area contributed by atoms with Gasteiger partial charge in [-0.05, 0) is 73.2 Å². The van der Waals surface area contributed by atoms with Crippen molar-refractivity contribution in [1.29, 1.82) is 0 Å². The van der Waals surface area contributed by atoms with Crippen LogP contribution in [0.1, 0.15) is 44.6 Å². The molecule has 0 saturated carbocycles. The van der Waals surface area contributed by atoms with Crippen LogP contribution in [-0.4, -0.2) is 87.7 Å². The van der Waals surface area contributed by atoms with Crippen molar-refractivity contribution in [2.24, 2.45) is 0 Å². The standard InChI is InChI=1S/C34H35F3N6O4/c1-2-22-25(36)6-5-19-11-21(44)12-23(26(19)22)28-27(37)29-24(14-38-28)30(42-9-4-8-34(17-42)16-39-32(45)47-34)41-31(40-29)46-18-33-7-3-10-43(33)15-20(35)13-33/h5-6,11-12,14,20,44H,2-4,7-10,13,15-18H2,1H3,(H,39,45)/t20-,33+,34?/m1/s1. The number of nitrogens with zero attached hydrogens (tertiary/aromatic N) is 5. The molecule has 1 unspecified atom stereocenters. The number of hydrogen-bond acceptors (Lipinski definition) is 9. The molecule has 4 aromatic rings. The van der Waals surface area contributed by atoms with Gasteiger partial charge in [0.2, 0.25) is 0 Å². The van der Waals surface area contributed by atoms with Crippen LogP contribution in [0.15, 0.2) is 30.5 Å². The number of ether oxygens (including phenoxy) is 2. The molecule has 6 heterocycles. The summed E-state index contributed by atoms with van der Waals surface area (Å²) >= 11 is 0. The molecule has 47 heavy (non-hydrogen) atoms. The van der Waals surface area contributed by atoms with Crippen LogP contribution in [0.5, 0.6) is 11.8 Å². The van der Waals surface area contributed by atoms with Crippen molar-refractivity contribution in [3.8, 4) is 23.0 Å². The highest BCUT2D eigenvalue weighted by molar-refractivity contribution is 6.01. The predicted molar refractivity (Wildman–Crippen MR) is 168 cm³/mol. The van der Waals surface area contributed by atoms with Gasteiger partial charge in [0, 0.05) is 31.3 Å². The second kappa shape index (κ2) is 11.1. The molecule has 13 heteroatoms. The smallest absolute Gasteiger partial charge is 0.407 e. The molecule has 10 nitrogen and oxygen atoms in total. The van der Waals surface area contributed by atoms with Crippen molar-refractivity contribution < 1.29 is 32.5 Å². The first kappa shape index (κ1) is 30.0. The van der Waals surface area contributed by atoms with Crippen molar-refractivity contribution in [2.75, 3.05) is 44.2 Å². The number of aryl methyl sites for hydroxylation is 1. The number of aromatic nitrogens is 3. The van der Waals surface area contributed by atoms with E-state index in [1.54, 1.807) is 6.07 Å². The predicted octanol–water partition coefficient (Wildman–Crippen LogP) is 5.43. The number of carbonyl (C=O) groups is 1. The largest absolute Gasteiger partial charge is 0.508 e. The molecule has 4 aliphatic rings. The highest BCUT2D eigenvalue weighted by Crippen LogP contribution is 2.42. The molecule has 2 aromatic carbocycles. The first-order valence-electron chi connectivity index (χ1n) is 16.2. The maximum absolute atomic E-state index is 16.9. The average Bonchev–Trinajstić information content (AvgIpc) is 3.71. The van der Waals surface area contributed by atoms with E-state index in [0.717, 1.165) is 19.4 Å². The minimum Gasteiger partial charge on any atom is -0.508 e. The van der Waals surface area contributed by atoms with Crippen LogP contribution in [-0.2, 0) is 11.2 Å². The van der Waals surface area contributed by atoms with Crippen LogP contribution in [0.2, 0.25) is 0 Å². The van der Waals surface area contributed by atoms with Gasteiger partial charge in [-0.25, -0.2) is 18.0 Å². The van der Waals surface area contributed by atoms with Gasteiger partial charge >= 0.3 is 12.1 Å². The fourth-order valence-corrected chi connectivity index (χ4v) is 8.20. The van der Waals surface area contributed by atoms with E-state index in [4.69, 9.17) is 14.5 Å². The topological polar surface area (TPSA) is 113 Å². The van der Waals surface area contributed by atoms with Gasteiger partial charge in [0.25, 0.3) is 0 Å². The number of rotatable bonds is 6. The van der Waals surface area contributed by atoms with E-state index < -0.39 is 35.0 Å². The molecule has 4 saturated heterocycles. The lowest BCUT2D eigenvalue weighted by Crippen LogP contribution is -2.51. The Labute approximate surface area is 268 Å². The summed E-state index contributed by atoms with van der Waals surface area (Å²) in [7, 11) is 0. The lowest BCUT2D eigenvalue weighted by molar-refractivity contribution is 0.0445. The Bertz CT molecular complexity index is 1930. The van der Waals surface area contributed by atoms with E-state index in [1.807, 2.05) is 11.8 Å². The van der Waals surface area contributed by atoms with Gasteiger partial charge in [0.1, 0.15) is 47.0 Å². The molecular formula is C34H35F3N6O4. The fraction of sp³-hybridized carbons (Fsp3) is 0.471. The number of phenols is 1. The molecule has 3 atom stereocenters. The third-order valence-electron chi connectivity index (χ3n) is 10.3. The number of benzene rings is 2. The van der Waals surface area contributed by atoms with Gasteiger partial charge in [0.05, 0.1) is 24.0 Å². The van der Waals surface area contributed by atoms with Crippen LogP contribution in [0, 0.1) is 11.6 Å². The molecule has 0 bridgehead atoms. The molecule has 2 aromatic heterocycles. The number of pyridine rings is 1. The van der Waals surface area contributed by atoms with Gasteiger partial charge < -0.3 is 24.8 Å². The van der Waals surface area contributed by atoms with Crippen LogP contribution < -0.4 is 15.0 Å². The van der Waals surface area contributed by atoms with Crippen molar-refractivity contribution in [3.63, 3.8) is 0 Å². The summed E-state index contributed by atoms with van der Waals surface area (Å²) < 4.78 is 58.3. The quantitative estimate of drug-likeness (QED) is 0.283. The molecular weight excluding hydrogens is 613 g/mol. The van der Waals surface area contributed by atoms with Crippen LogP contribution in [0.25, 0.3) is 32.9 Å². The number of alkyl halides is 1. The molecule has 1 amide bonds. The van der Waals surface area contributed by atoms with E-state index in [9.17, 15) is 18.7 Å². The number of piperidine rings is 1. The van der Waals surface area contributed by atoms with E-state index in [0.29, 0.717) is 79.4 Å². The van der Waals surface area contributed by atoms with Gasteiger partial charge in [-0.1, -0.05) is 13.0 Å². The highest BCUT2D eigenvalue weighted by Gasteiger charge is 2.49. The summed E-state index contributed by atoms with van der Waals surface area (Å²) in [6.45, 7) is 4.33. The molecule has 2 N–H and O–H groups in total. The molecule has 0 radical (unpaired) electrons. The fourth-order valence-electron chi connectivity index (χ4n) is 8.20. The number of carbonyl (C=O) groups excluding carboxylic acids is 1. The summed E-state index contributed by atoms with van der Waals surface area (Å²) in [6, 6.07) is 5.71. The lowest BCUT2D eigenvalue weighted by Gasteiger charge is -2.39. The third kappa shape index (κ3) is 4.97. The van der Waals surface area contributed by atoms with Gasteiger partial charge in [-0.15, -0.1) is 0 Å². The van der Waals surface area contributed by atoms with Crippen molar-refractivity contribution in [2.45, 2.75) is 62.8 Å². The monoisotopic (exact) mass is 648 g/mol. The molecule has 4 aliphatic heterocycles. The maximum Gasteiger partial charge on any atom is 0.407 e. The molecule has 246 valence electrons. The second-order valence-electron chi connectivity index (χ2n) is 13.3. The summed E-state index contributed by atoms with van der Waals surface area (Å²) in [5.74, 6) is -0.949. The van der Waals surface area contributed by atoms with Gasteiger partial charge in [-0.2, -0.15) is 9.97 Å². The third-order valence-corrected chi connectivity index (χ3v) is 10.3. The van der Waals surface area contributed by atoms with Crippen LogP contribution >= 0.6 is 0 Å². The van der Waals surface area contributed by atoms with E-state index in [1.165, 1.54) is 24.4 Å². The molecule has 0 aliphatic carbocycles. The van der Waals surface area contributed by atoms with Gasteiger partial charge in [0.15, 0.2) is 5.82 Å². The Balaban J connectivity index is 1.27. The first-order chi connectivity index (χ1) is 22.7. The van der Waals surface area contributed by atoms with Crippen LogP contribution in [0.4, 0.5) is 23.8 Å². The second-order valence-corrected chi connectivity index (χ2v) is 13.3.